The van der Waals surface area contributed by atoms with E-state index >= 15 is 0 Å². The SMILES string of the molecule is CN(C)C(=O)c1sc2c(ccc(=O)n2-c2ccccc2)c1Nc1ccccc1. The van der Waals surface area contributed by atoms with Gasteiger partial charge in [0.2, 0.25) is 0 Å². The molecule has 0 aliphatic carbocycles. The Kier molecular flexibility index (Phi) is 4.71. The number of nitrogens with zero attached hydrogens (tertiary/aromatic N) is 2. The summed E-state index contributed by atoms with van der Waals surface area (Å²) in [4.78, 5) is 28.4. The Bertz CT molecular complexity index is 1200. The third kappa shape index (κ3) is 3.18. The van der Waals surface area contributed by atoms with Crippen molar-refractivity contribution in [2.45, 2.75) is 0 Å². The summed E-state index contributed by atoms with van der Waals surface area (Å²) in [7, 11) is 3.45. The van der Waals surface area contributed by atoms with Gasteiger partial charge in [0.05, 0.1) is 11.4 Å². The fourth-order valence-corrected chi connectivity index (χ4v) is 4.34. The maximum Gasteiger partial charge on any atom is 0.265 e. The van der Waals surface area contributed by atoms with E-state index in [1.165, 1.54) is 11.3 Å². The van der Waals surface area contributed by atoms with Crippen LogP contribution in [0.25, 0.3) is 15.9 Å². The third-order valence-electron chi connectivity index (χ3n) is 4.40. The Morgan fingerprint density at radius 2 is 1.57 bits per heavy atom. The van der Waals surface area contributed by atoms with Crippen molar-refractivity contribution in [3.05, 3.63) is 88.0 Å². The average molecular weight is 389 g/mol. The second kappa shape index (κ2) is 7.32. The molecule has 0 fully saturated rings. The normalized spacial score (nSPS) is 10.8. The quantitative estimate of drug-likeness (QED) is 0.559. The highest BCUT2D eigenvalue weighted by Gasteiger charge is 2.22. The number of carbonyl (C=O) groups excluding carboxylic acids is 1. The Balaban J connectivity index is 2.00. The van der Waals surface area contributed by atoms with Crippen molar-refractivity contribution < 1.29 is 4.79 Å². The van der Waals surface area contributed by atoms with Gasteiger partial charge in [-0.2, -0.15) is 0 Å². The second-order valence-electron chi connectivity index (χ2n) is 6.56. The number of nitrogens with one attached hydrogen (secondary N) is 1. The number of hydrogen-bond acceptors (Lipinski definition) is 4. The molecule has 6 heteroatoms. The van der Waals surface area contributed by atoms with Gasteiger partial charge in [0.25, 0.3) is 11.5 Å². The number of benzene rings is 2. The number of aromatic nitrogens is 1. The van der Waals surface area contributed by atoms with Gasteiger partial charge >= 0.3 is 0 Å². The highest BCUT2D eigenvalue weighted by Crippen LogP contribution is 2.38. The van der Waals surface area contributed by atoms with E-state index in [0.29, 0.717) is 4.88 Å². The highest BCUT2D eigenvalue weighted by atomic mass is 32.1. The van der Waals surface area contributed by atoms with Crippen molar-refractivity contribution >= 4 is 38.8 Å². The molecule has 140 valence electrons. The van der Waals surface area contributed by atoms with E-state index in [9.17, 15) is 9.59 Å². The molecule has 2 heterocycles. The van der Waals surface area contributed by atoms with Gasteiger partial charge in [-0.05, 0) is 30.3 Å². The van der Waals surface area contributed by atoms with Gasteiger partial charge in [0.15, 0.2) is 0 Å². The van der Waals surface area contributed by atoms with Gasteiger partial charge in [-0.1, -0.05) is 36.4 Å². The molecule has 0 bridgehead atoms. The summed E-state index contributed by atoms with van der Waals surface area (Å²) in [6, 6.07) is 22.5. The van der Waals surface area contributed by atoms with Crippen molar-refractivity contribution in [2.24, 2.45) is 0 Å². The minimum atomic E-state index is -0.130. The van der Waals surface area contributed by atoms with Crippen molar-refractivity contribution in [2.75, 3.05) is 19.4 Å². The zero-order valence-corrected chi connectivity index (χ0v) is 16.4. The molecular formula is C22H19N3O2S. The molecule has 2 aromatic carbocycles. The molecule has 0 radical (unpaired) electrons. The maximum absolute atomic E-state index is 12.9. The van der Waals surface area contributed by atoms with E-state index < -0.39 is 0 Å². The molecule has 4 rings (SSSR count). The van der Waals surface area contributed by atoms with Crippen molar-refractivity contribution in [1.29, 1.82) is 0 Å². The Morgan fingerprint density at radius 3 is 2.21 bits per heavy atom. The smallest absolute Gasteiger partial charge is 0.265 e. The highest BCUT2D eigenvalue weighted by molar-refractivity contribution is 7.21. The van der Waals surface area contributed by atoms with Crippen LogP contribution in [0.2, 0.25) is 0 Å². The van der Waals surface area contributed by atoms with Crippen LogP contribution in [0.1, 0.15) is 9.67 Å². The van der Waals surface area contributed by atoms with E-state index in [1.54, 1.807) is 35.7 Å². The molecule has 1 amide bonds. The number of anilines is 2. The first kappa shape index (κ1) is 18.0. The lowest BCUT2D eigenvalue weighted by Gasteiger charge is -2.12. The number of para-hydroxylation sites is 2. The summed E-state index contributed by atoms with van der Waals surface area (Å²) in [5.74, 6) is -0.105. The van der Waals surface area contributed by atoms with Crippen LogP contribution in [0, 0.1) is 0 Å². The van der Waals surface area contributed by atoms with Crippen molar-refractivity contribution in [3.8, 4) is 5.69 Å². The molecule has 5 nitrogen and oxygen atoms in total. The first-order valence-corrected chi connectivity index (χ1v) is 9.65. The van der Waals surface area contributed by atoms with Crippen LogP contribution in [0.3, 0.4) is 0 Å². The number of amides is 1. The fourth-order valence-electron chi connectivity index (χ4n) is 3.05. The number of carbonyl (C=O) groups is 1. The van der Waals surface area contributed by atoms with Gasteiger partial charge in [-0.15, -0.1) is 11.3 Å². The molecule has 4 aromatic rings. The Labute approximate surface area is 166 Å². The zero-order chi connectivity index (χ0) is 19.7. The lowest BCUT2D eigenvalue weighted by molar-refractivity contribution is 0.0833. The summed E-state index contributed by atoms with van der Waals surface area (Å²) in [5.41, 5.74) is 2.24. The predicted octanol–water partition coefficient (Wildman–Crippen LogP) is 4.50. The molecular weight excluding hydrogens is 370 g/mol. The van der Waals surface area contributed by atoms with Gasteiger partial charge in [-0.3, -0.25) is 14.2 Å². The average Bonchev–Trinajstić information content (AvgIpc) is 3.06. The van der Waals surface area contributed by atoms with Crippen LogP contribution in [-0.4, -0.2) is 29.5 Å². The van der Waals surface area contributed by atoms with Crippen LogP contribution in [0.5, 0.6) is 0 Å². The van der Waals surface area contributed by atoms with Gasteiger partial charge in [-0.25, -0.2) is 0 Å². The summed E-state index contributed by atoms with van der Waals surface area (Å²) < 4.78 is 1.66. The maximum atomic E-state index is 12.9. The fraction of sp³-hybridized carbons (Fsp3) is 0.0909. The third-order valence-corrected chi connectivity index (χ3v) is 5.58. The molecule has 0 saturated heterocycles. The second-order valence-corrected chi connectivity index (χ2v) is 7.56. The van der Waals surface area contributed by atoms with Crippen LogP contribution in [-0.2, 0) is 0 Å². The van der Waals surface area contributed by atoms with Gasteiger partial charge in [0, 0.05) is 31.2 Å². The topological polar surface area (TPSA) is 54.3 Å². The minimum absolute atomic E-state index is 0.105. The summed E-state index contributed by atoms with van der Waals surface area (Å²) in [6.45, 7) is 0. The number of pyridine rings is 1. The lowest BCUT2D eigenvalue weighted by Crippen LogP contribution is -2.21. The van der Waals surface area contributed by atoms with E-state index in [2.05, 4.69) is 5.32 Å². The molecule has 0 saturated carbocycles. The van der Waals surface area contributed by atoms with Crippen molar-refractivity contribution in [1.82, 2.24) is 9.47 Å². The lowest BCUT2D eigenvalue weighted by atomic mass is 10.2. The number of fused-ring (bicyclic) bond motifs is 1. The summed E-state index contributed by atoms with van der Waals surface area (Å²) >= 11 is 1.32. The van der Waals surface area contributed by atoms with Gasteiger partial charge in [0.1, 0.15) is 9.71 Å². The number of hydrogen-bond donors (Lipinski definition) is 1. The first-order valence-electron chi connectivity index (χ1n) is 8.84. The molecule has 0 aliphatic heterocycles. The predicted molar refractivity (Wildman–Crippen MR) is 115 cm³/mol. The molecule has 0 atom stereocenters. The summed E-state index contributed by atoms with van der Waals surface area (Å²) in [6.07, 6.45) is 0. The molecule has 2 aromatic heterocycles. The Morgan fingerprint density at radius 1 is 0.929 bits per heavy atom. The van der Waals surface area contributed by atoms with E-state index in [-0.39, 0.29) is 11.5 Å². The number of rotatable bonds is 4. The summed E-state index contributed by atoms with van der Waals surface area (Å²) in [5, 5.41) is 4.21. The van der Waals surface area contributed by atoms with E-state index in [4.69, 9.17) is 0 Å². The van der Waals surface area contributed by atoms with Crippen molar-refractivity contribution in [3.63, 3.8) is 0 Å². The number of thiophene rings is 1. The standard InChI is InChI=1S/C22H19N3O2S/c1-24(2)21(27)20-19(23-15-9-5-3-6-10-15)17-13-14-18(26)25(22(17)28-20)16-11-7-4-8-12-16/h3-14,23H,1-2H3. The molecule has 0 aliphatic rings. The molecule has 0 spiro atoms. The zero-order valence-electron chi connectivity index (χ0n) is 15.5. The first-order chi connectivity index (χ1) is 13.6. The largest absolute Gasteiger partial charge is 0.354 e. The van der Waals surface area contributed by atoms with Crippen LogP contribution in [0.15, 0.2) is 77.6 Å². The van der Waals surface area contributed by atoms with Crippen LogP contribution in [0.4, 0.5) is 11.4 Å². The monoisotopic (exact) mass is 389 g/mol. The van der Waals surface area contributed by atoms with Crippen LogP contribution >= 0.6 is 11.3 Å². The van der Waals surface area contributed by atoms with E-state index in [0.717, 1.165) is 27.3 Å². The minimum Gasteiger partial charge on any atom is -0.354 e. The Hall–Kier alpha value is -3.38. The van der Waals surface area contributed by atoms with E-state index in [1.807, 2.05) is 60.7 Å². The molecule has 0 unspecified atom stereocenters. The molecule has 28 heavy (non-hydrogen) atoms. The van der Waals surface area contributed by atoms with Gasteiger partial charge < -0.3 is 10.2 Å². The van der Waals surface area contributed by atoms with Crippen LogP contribution < -0.4 is 10.9 Å². The molecule has 1 N–H and O–H groups in total.